The fourth-order valence-corrected chi connectivity index (χ4v) is 2.24. The number of pyridine rings is 1. The van der Waals surface area contributed by atoms with Crippen LogP contribution in [-0.4, -0.2) is 12.1 Å². The number of nitrogens with one attached hydrogen (secondary N) is 1. The highest BCUT2D eigenvalue weighted by Crippen LogP contribution is 2.26. The van der Waals surface area contributed by atoms with Crippen LogP contribution in [0, 0.1) is 0 Å². The molecule has 2 aromatic carbocycles. The third-order valence-corrected chi connectivity index (χ3v) is 3.36. The first kappa shape index (κ1) is 14.2. The van der Waals surface area contributed by atoms with E-state index in [0.717, 1.165) is 28.0 Å². The molecule has 1 aromatic heterocycles. The van der Waals surface area contributed by atoms with Crippen LogP contribution < -0.4 is 20.7 Å². The largest absolute Gasteiger partial charge is 0.497 e. The first-order valence-electron chi connectivity index (χ1n) is 6.92. The predicted octanol–water partition coefficient (Wildman–Crippen LogP) is 3.11. The van der Waals surface area contributed by atoms with Gasteiger partial charge in [0.25, 0.3) is 0 Å². The Morgan fingerprint density at radius 1 is 1.09 bits per heavy atom. The Hall–Kier alpha value is -2.79. The smallest absolute Gasteiger partial charge is 0.146 e. The number of para-hydroxylation sites is 1. The number of hydrazine groups is 1. The maximum Gasteiger partial charge on any atom is 0.146 e. The average Bonchev–Trinajstić information content (AvgIpc) is 2.59. The van der Waals surface area contributed by atoms with Crippen LogP contribution >= 0.6 is 0 Å². The van der Waals surface area contributed by atoms with Crippen LogP contribution in [0.1, 0.15) is 5.56 Å². The van der Waals surface area contributed by atoms with Crippen molar-refractivity contribution in [1.29, 1.82) is 0 Å². The van der Waals surface area contributed by atoms with Crippen LogP contribution in [0.2, 0.25) is 0 Å². The topological polar surface area (TPSA) is 69.4 Å². The van der Waals surface area contributed by atoms with Crippen LogP contribution in [0.15, 0.2) is 54.6 Å². The summed E-state index contributed by atoms with van der Waals surface area (Å²) in [5.74, 6) is 7.55. The van der Waals surface area contributed by atoms with E-state index in [0.29, 0.717) is 12.4 Å². The van der Waals surface area contributed by atoms with Gasteiger partial charge in [-0.15, -0.1) is 0 Å². The molecule has 5 nitrogen and oxygen atoms in total. The second-order valence-electron chi connectivity index (χ2n) is 4.81. The summed E-state index contributed by atoms with van der Waals surface area (Å²) in [6, 6.07) is 17.4. The second-order valence-corrected chi connectivity index (χ2v) is 4.81. The van der Waals surface area contributed by atoms with Crippen LogP contribution in [0.5, 0.6) is 11.5 Å². The Kier molecular flexibility index (Phi) is 4.07. The molecule has 0 unspecified atom stereocenters. The van der Waals surface area contributed by atoms with Crippen LogP contribution in [-0.2, 0) is 6.61 Å². The average molecular weight is 295 g/mol. The van der Waals surface area contributed by atoms with Gasteiger partial charge >= 0.3 is 0 Å². The normalized spacial score (nSPS) is 10.5. The molecule has 0 saturated heterocycles. The summed E-state index contributed by atoms with van der Waals surface area (Å²) in [5.41, 5.74) is 4.36. The van der Waals surface area contributed by atoms with Gasteiger partial charge in [0.15, 0.2) is 0 Å². The molecule has 0 radical (unpaired) electrons. The minimum Gasteiger partial charge on any atom is -0.497 e. The monoisotopic (exact) mass is 295 g/mol. The third-order valence-electron chi connectivity index (χ3n) is 3.36. The van der Waals surface area contributed by atoms with Crippen molar-refractivity contribution in [3.8, 4) is 11.5 Å². The lowest BCUT2D eigenvalue weighted by molar-refractivity contribution is 0.308. The van der Waals surface area contributed by atoms with Crippen molar-refractivity contribution in [2.24, 2.45) is 5.84 Å². The molecule has 5 heteroatoms. The van der Waals surface area contributed by atoms with E-state index in [1.54, 1.807) is 7.11 Å². The number of anilines is 1. The molecule has 0 fully saturated rings. The minimum atomic E-state index is 0.443. The molecule has 3 rings (SSSR count). The first-order chi connectivity index (χ1) is 10.8. The van der Waals surface area contributed by atoms with Crippen molar-refractivity contribution in [3.05, 3.63) is 60.2 Å². The van der Waals surface area contributed by atoms with Gasteiger partial charge in [-0.1, -0.05) is 24.3 Å². The van der Waals surface area contributed by atoms with Crippen molar-refractivity contribution in [2.45, 2.75) is 6.61 Å². The standard InChI is InChI=1S/C17H17N3O2/c1-21-14-6-2-4-12(10-14)11-22-15-7-3-5-13-8-9-16(20-18)19-17(13)15/h2-10H,11,18H2,1H3,(H,19,20). The van der Waals surface area contributed by atoms with Gasteiger partial charge in [0.05, 0.1) is 7.11 Å². The summed E-state index contributed by atoms with van der Waals surface area (Å²) in [4.78, 5) is 4.45. The maximum atomic E-state index is 5.92. The highest BCUT2D eigenvalue weighted by atomic mass is 16.5. The van der Waals surface area contributed by atoms with Gasteiger partial charge in [-0.2, -0.15) is 0 Å². The predicted molar refractivity (Wildman–Crippen MR) is 86.9 cm³/mol. The molecule has 3 N–H and O–H groups in total. The zero-order valence-corrected chi connectivity index (χ0v) is 12.2. The second kappa shape index (κ2) is 6.32. The molecule has 0 bridgehead atoms. The number of hydrogen-bond acceptors (Lipinski definition) is 5. The van der Waals surface area contributed by atoms with Gasteiger partial charge in [0.1, 0.15) is 29.4 Å². The SMILES string of the molecule is COc1cccc(COc2cccc3ccc(NN)nc23)c1. The summed E-state index contributed by atoms with van der Waals surface area (Å²) in [6.45, 7) is 0.443. The molecule has 0 atom stereocenters. The van der Waals surface area contributed by atoms with Crippen LogP contribution in [0.25, 0.3) is 10.9 Å². The van der Waals surface area contributed by atoms with Gasteiger partial charge < -0.3 is 14.9 Å². The highest BCUT2D eigenvalue weighted by Gasteiger charge is 2.05. The zero-order chi connectivity index (χ0) is 15.4. The zero-order valence-electron chi connectivity index (χ0n) is 12.2. The van der Waals surface area contributed by atoms with Crippen molar-refractivity contribution >= 4 is 16.7 Å². The number of methoxy groups -OCH3 is 1. The molecule has 0 aliphatic rings. The number of nitrogens with two attached hydrogens (primary N) is 1. The number of nitrogen functional groups attached to an aromatic ring is 1. The van der Waals surface area contributed by atoms with E-state index in [9.17, 15) is 0 Å². The molecule has 0 spiro atoms. The maximum absolute atomic E-state index is 5.92. The summed E-state index contributed by atoms with van der Waals surface area (Å²) in [5, 5.41) is 1.00. The van der Waals surface area contributed by atoms with Gasteiger partial charge in [-0.25, -0.2) is 10.8 Å². The number of benzene rings is 2. The number of fused-ring (bicyclic) bond motifs is 1. The highest BCUT2D eigenvalue weighted by molar-refractivity contribution is 5.85. The van der Waals surface area contributed by atoms with Gasteiger partial charge in [0, 0.05) is 5.39 Å². The molecule has 1 heterocycles. The molecule has 0 amide bonds. The molecular formula is C17H17N3O2. The van der Waals surface area contributed by atoms with Crippen molar-refractivity contribution in [1.82, 2.24) is 4.98 Å². The Morgan fingerprint density at radius 2 is 1.95 bits per heavy atom. The number of ether oxygens (including phenoxy) is 2. The third kappa shape index (κ3) is 2.94. The fourth-order valence-electron chi connectivity index (χ4n) is 2.24. The molecular weight excluding hydrogens is 278 g/mol. The quantitative estimate of drug-likeness (QED) is 0.559. The summed E-state index contributed by atoms with van der Waals surface area (Å²) in [6.07, 6.45) is 0. The van der Waals surface area contributed by atoms with E-state index >= 15 is 0 Å². The van der Waals surface area contributed by atoms with Crippen molar-refractivity contribution < 1.29 is 9.47 Å². The lowest BCUT2D eigenvalue weighted by atomic mass is 10.2. The van der Waals surface area contributed by atoms with Crippen LogP contribution in [0.3, 0.4) is 0 Å². The Morgan fingerprint density at radius 3 is 2.77 bits per heavy atom. The molecule has 3 aromatic rings. The fraction of sp³-hybridized carbons (Fsp3) is 0.118. The number of aromatic nitrogens is 1. The van der Waals surface area contributed by atoms with E-state index < -0.39 is 0 Å². The Balaban J connectivity index is 1.86. The number of nitrogens with zero attached hydrogens (tertiary/aromatic N) is 1. The van der Waals surface area contributed by atoms with Crippen molar-refractivity contribution in [3.63, 3.8) is 0 Å². The molecule has 112 valence electrons. The van der Waals surface area contributed by atoms with Gasteiger partial charge in [0.2, 0.25) is 0 Å². The summed E-state index contributed by atoms with van der Waals surface area (Å²) >= 11 is 0. The van der Waals surface area contributed by atoms with E-state index in [4.69, 9.17) is 15.3 Å². The molecule has 22 heavy (non-hydrogen) atoms. The molecule has 0 aliphatic heterocycles. The molecule has 0 saturated carbocycles. The lowest BCUT2D eigenvalue weighted by Crippen LogP contribution is -2.08. The van der Waals surface area contributed by atoms with E-state index in [1.165, 1.54) is 0 Å². The number of rotatable bonds is 5. The van der Waals surface area contributed by atoms with Crippen molar-refractivity contribution in [2.75, 3.05) is 12.5 Å². The van der Waals surface area contributed by atoms with Gasteiger partial charge in [-0.3, -0.25) is 0 Å². The van der Waals surface area contributed by atoms with Crippen LogP contribution in [0.4, 0.5) is 5.82 Å². The Bertz CT molecular complexity index is 790. The Labute approximate surface area is 128 Å². The van der Waals surface area contributed by atoms with E-state index in [-0.39, 0.29) is 0 Å². The van der Waals surface area contributed by atoms with E-state index in [2.05, 4.69) is 10.4 Å². The molecule has 0 aliphatic carbocycles. The number of hydrogen-bond donors (Lipinski definition) is 2. The summed E-state index contributed by atoms with van der Waals surface area (Å²) < 4.78 is 11.1. The lowest BCUT2D eigenvalue weighted by Gasteiger charge is -2.10. The summed E-state index contributed by atoms with van der Waals surface area (Å²) in [7, 11) is 1.65. The minimum absolute atomic E-state index is 0.443. The van der Waals surface area contributed by atoms with Gasteiger partial charge in [-0.05, 0) is 35.9 Å². The first-order valence-corrected chi connectivity index (χ1v) is 6.92. The van der Waals surface area contributed by atoms with E-state index in [1.807, 2.05) is 54.6 Å².